The second-order valence-corrected chi connectivity index (χ2v) is 6.21. The third-order valence-corrected chi connectivity index (χ3v) is 4.77. The molecule has 2 aromatic rings. The minimum atomic E-state index is -0.271. The summed E-state index contributed by atoms with van der Waals surface area (Å²) in [6, 6.07) is 9.85. The number of amides is 1. The zero-order valence-corrected chi connectivity index (χ0v) is 14.7. The van der Waals surface area contributed by atoms with Crippen molar-refractivity contribution < 1.29 is 18.7 Å². The van der Waals surface area contributed by atoms with E-state index < -0.39 is 0 Å². The topological polar surface area (TPSA) is 38.8 Å². The largest absolute Gasteiger partial charge is 0.496 e. The van der Waals surface area contributed by atoms with E-state index in [1.807, 2.05) is 11.8 Å². The highest BCUT2D eigenvalue weighted by Crippen LogP contribution is 2.35. The van der Waals surface area contributed by atoms with E-state index in [-0.39, 0.29) is 17.8 Å². The summed E-state index contributed by atoms with van der Waals surface area (Å²) in [6.45, 7) is 2.57. The van der Waals surface area contributed by atoms with E-state index >= 15 is 0 Å². The molecule has 0 N–H and O–H groups in total. The van der Waals surface area contributed by atoms with Gasteiger partial charge in [0.2, 0.25) is 0 Å². The Morgan fingerprint density at radius 1 is 1.12 bits per heavy atom. The van der Waals surface area contributed by atoms with Gasteiger partial charge in [-0.3, -0.25) is 4.79 Å². The van der Waals surface area contributed by atoms with Crippen molar-refractivity contribution in [3.8, 4) is 11.5 Å². The highest BCUT2D eigenvalue weighted by atomic mass is 19.1. The maximum absolute atomic E-state index is 13.2. The zero-order chi connectivity index (χ0) is 18.0. The van der Waals surface area contributed by atoms with Gasteiger partial charge in [-0.05, 0) is 49.6 Å². The minimum Gasteiger partial charge on any atom is -0.496 e. The molecule has 0 saturated carbocycles. The first kappa shape index (κ1) is 17.3. The number of ether oxygens (including phenoxy) is 2. The van der Waals surface area contributed by atoms with Crippen LogP contribution in [0.5, 0.6) is 11.5 Å². The molecule has 5 heteroatoms. The van der Waals surface area contributed by atoms with Crippen LogP contribution in [0.3, 0.4) is 0 Å². The summed E-state index contributed by atoms with van der Waals surface area (Å²) in [5.41, 5.74) is 2.35. The molecule has 1 atom stereocenters. The standard InChI is InChI=1S/C20H22FNO3/c1-13-18(24-2)11-15(12-19(13)25-3)20(23)22-10-4-5-17(22)14-6-8-16(21)9-7-14/h6-9,11-12,17H,4-5,10H2,1-3H3. The number of benzene rings is 2. The van der Waals surface area contributed by atoms with Crippen molar-refractivity contribution in [1.29, 1.82) is 0 Å². The van der Waals surface area contributed by atoms with Crippen molar-refractivity contribution in [3.05, 3.63) is 58.9 Å². The van der Waals surface area contributed by atoms with Gasteiger partial charge in [-0.25, -0.2) is 4.39 Å². The molecule has 25 heavy (non-hydrogen) atoms. The second-order valence-electron chi connectivity index (χ2n) is 6.21. The van der Waals surface area contributed by atoms with Crippen molar-refractivity contribution in [1.82, 2.24) is 4.90 Å². The van der Waals surface area contributed by atoms with Crippen LogP contribution in [-0.2, 0) is 0 Å². The van der Waals surface area contributed by atoms with Crippen LogP contribution in [0, 0.1) is 12.7 Å². The van der Waals surface area contributed by atoms with Crippen molar-refractivity contribution in [2.24, 2.45) is 0 Å². The average molecular weight is 343 g/mol. The van der Waals surface area contributed by atoms with E-state index in [1.165, 1.54) is 12.1 Å². The molecule has 1 aliphatic rings. The SMILES string of the molecule is COc1cc(C(=O)N2CCCC2c2ccc(F)cc2)cc(OC)c1C. The molecule has 1 heterocycles. The summed E-state index contributed by atoms with van der Waals surface area (Å²) in [4.78, 5) is 14.9. The van der Waals surface area contributed by atoms with Crippen LogP contribution in [0.2, 0.25) is 0 Å². The number of methoxy groups -OCH3 is 2. The number of likely N-dealkylation sites (tertiary alicyclic amines) is 1. The summed E-state index contributed by atoms with van der Waals surface area (Å²) in [5, 5.41) is 0. The van der Waals surface area contributed by atoms with Crippen molar-refractivity contribution in [2.45, 2.75) is 25.8 Å². The van der Waals surface area contributed by atoms with E-state index in [4.69, 9.17) is 9.47 Å². The van der Waals surface area contributed by atoms with Crippen LogP contribution < -0.4 is 9.47 Å². The summed E-state index contributed by atoms with van der Waals surface area (Å²) in [7, 11) is 3.15. The number of carbonyl (C=O) groups is 1. The van der Waals surface area contributed by atoms with Gasteiger partial charge in [-0.15, -0.1) is 0 Å². The lowest BCUT2D eigenvalue weighted by molar-refractivity contribution is 0.0735. The first-order valence-electron chi connectivity index (χ1n) is 8.34. The van der Waals surface area contributed by atoms with Gasteiger partial charge in [-0.1, -0.05) is 12.1 Å². The molecular weight excluding hydrogens is 321 g/mol. The quantitative estimate of drug-likeness (QED) is 0.838. The number of nitrogens with zero attached hydrogens (tertiary/aromatic N) is 1. The fraction of sp³-hybridized carbons (Fsp3) is 0.350. The van der Waals surface area contributed by atoms with Gasteiger partial charge in [0.15, 0.2) is 0 Å². The van der Waals surface area contributed by atoms with Gasteiger partial charge in [-0.2, -0.15) is 0 Å². The molecule has 1 saturated heterocycles. The Kier molecular flexibility index (Phi) is 4.93. The lowest BCUT2D eigenvalue weighted by Crippen LogP contribution is -2.30. The number of hydrogen-bond acceptors (Lipinski definition) is 3. The second kappa shape index (κ2) is 7.13. The van der Waals surface area contributed by atoms with Crippen molar-refractivity contribution in [2.75, 3.05) is 20.8 Å². The van der Waals surface area contributed by atoms with Crippen LogP contribution in [0.1, 0.15) is 40.4 Å². The molecule has 3 rings (SSSR count). The van der Waals surface area contributed by atoms with Crippen LogP contribution in [0.15, 0.2) is 36.4 Å². The van der Waals surface area contributed by atoms with Gasteiger partial charge in [0.1, 0.15) is 17.3 Å². The molecule has 0 bridgehead atoms. The van der Waals surface area contributed by atoms with E-state index in [9.17, 15) is 9.18 Å². The number of hydrogen-bond donors (Lipinski definition) is 0. The Bertz CT molecular complexity index is 748. The number of halogens is 1. The first-order valence-corrected chi connectivity index (χ1v) is 8.34. The lowest BCUT2D eigenvalue weighted by atomic mass is 10.0. The molecule has 4 nitrogen and oxygen atoms in total. The molecule has 1 aliphatic heterocycles. The maximum atomic E-state index is 13.2. The average Bonchev–Trinajstić information content (AvgIpc) is 3.11. The molecule has 2 aromatic carbocycles. The Labute approximate surface area is 147 Å². The molecular formula is C20H22FNO3. The molecule has 0 radical (unpaired) electrons. The van der Waals surface area contributed by atoms with E-state index in [1.54, 1.807) is 38.5 Å². The molecule has 1 fully saturated rings. The highest BCUT2D eigenvalue weighted by molar-refractivity contribution is 5.95. The summed E-state index contributed by atoms with van der Waals surface area (Å²) in [5.74, 6) is 0.913. The van der Waals surface area contributed by atoms with E-state index in [0.717, 1.165) is 24.0 Å². The molecule has 132 valence electrons. The fourth-order valence-corrected chi connectivity index (χ4v) is 3.42. The third kappa shape index (κ3) is 3.31. The Morgan fingerprint density at radius 2 is 1.72 bits per heavy atom. The van der Waals surface area contributed by atoms with Gasteiger partial charge < -0.3 is 14.4 Å². The van der Waals surface area contributed by atoms with Crippen LogP contribution in [-0.4, -0.2) is 31.6 Å². The molecule has 0 spiro atoms. The normalized spacial score (nSPS) is 16.8. The van der Waals surface area contributed by atoms with E-state index in [2.05, 4.69) is 0 Å². The Morgan fingerprint density at radius 3 is 2.28 bits per heavy atom. The monoisotopic (exact) mass is 343 g/mol. The van der Waals surface area contributed by atoms with Crippen LogP contribution in [0.25, 0.3) is 0 Å². The predicted octanol–water partition coefficient (Wildman–Crippen LogP) is 4.13. The van der Waals surface area contributed by atoms with Gasteiger partial charge in [0, 0.05) is 17.7 Å². The van der Waals surface area contributed by atoms with Crippen molar-refractivity contribution >= 4 is 5.91 Å². The zero-order valence-electron chi connectivity index (χ0n) is 14.7. The molecule has 0 aliphatic carbocycles. The molecule has 1 unspecified atom stereocenters. The molecule has 1 amide bonds. The number of carbonyl (C=O) groups excluding carboxylic acids is 1. The summed E-state index contributed by atoms with van der Waals surface area (Å²) in [6.07, 6.45) is 1.80. The highest BCUT2D eigenvalue weighted by Gasteiger charge is 2.31. The van der Waals surface area contributed by atoms with E-state index in [0.29, 0.717) is 23.6 Å². The Hall–Kier alpha value is -2.56. The predicted molar refractivity (Wildman–Crippen MR) is 93.7 cm³/mol. The Balaban J connectivity index is 1.93. The third-order valence-electron chi connectivity index (χ3n) is 4.77. The van der Waals surface area contributed by atoms with Gasteiger partial charge >= 0.3 is 0 Å². The minimum absolute atomic E-state index is 0.0357. The summed E-state index contributed by atoms with van der Waals surface area (Å²) >= 11 is 0. The van der Waals surface area contributed by atoms with Gasteiger partial charge in [0.05, 0.1) is 20.3 Å². The van der Waals surface area contributed by atoms with Crippen LogP contribution >= 0.6 is 0 Å². The smallest absolute Gasteiger partial charge is 0.254 e. The lowest BCUT2D eigenvalue weighted by Gasteiger charge is -2.26. The van der Waals surface area contributed by atoms with Crippen LogP contribution in [0.4, 0.5) is 4.39 Å². The fourth-order valence-electron chi connectivity index (χ4n) is 3.42. The summed E-state index contributed by atoms with van der Waals surface area (Å²) < 4.78 is 23.9. The maximum Gasteiger partial charge on any atom is 0.254 e. The van der Waals surface area contributed by atoms with Crippen molar-refractivity contribution in [3.63, 3.8) is 0 Å². The number of rotatable bonds is 4. The molecule has 0 aromatic heterocycles. The van der Waals surface area contributed by atoms with Gasteiger partial charge in [0.25, 0.3) is 5.91 Å². The first-order chi connectivity index (χ1) is 12.0.